The number of phenolic OH excluding ortho intramolecular Hbond substituents is 1. The first-order chi connectivity index (χ1) is 15.8. The molecule has 3 aliphatic rings. The summed E-state index contributed by atoms with van der Waals surface area (Å²) in [4.78, 5) is 40.2. The molecule has 0 atom stereocenters. The van der Waals surface area contributed by atoms with Gasteiger partial charge >= 0.3 is 5.69 Å². The van der Waals surface area contributed by atoms with E-state index in [1.165, 1.54) is 12.1 Å². The van der Waals surface area contributed by atoms with Gasteiger partial charge in [0.1, 0.15) is 0 Å². The van der Waals surface area contributed by atoms with Gasteiger partial charge in [0.05, 0.1) is 11.5 Å². The molecule has 0 saturated heterocycles. The molecular formula is C26H32N2O6. The molecule has 0 amide bonds. The fourth-order valence-corrected chi connectivity index (χ4v) is 5.68. The molecule has 8 nitrogen and oxygen atoms in total. The van der Waals surface area contributed by atoms with Crippen LogP contribution in [0.5, 0.6) is 11.5 Å². The van der Waals surface area contributed by atoms with Crippen LogP contribution in [0.2, 0.25) is 0 Å². The summed E-state index contributed by atoms with van der Waals surface area (Å²) < 4.78 is 5.51. The van der Waals surface area contributed by atoms with E-state index in [1.807, 2.05) is 11.9 Å². The van der Waals surface area contributed by atoms with Crippen LogP contribution in [0.15, 0.2) is 34.7 Å². The second kappa shape index (κ2) is 7.96. The van der Waals surface area contributed by atoms with Crippen LogP contribution in [-0.2, 0) is 9.59 Å². The van der Waals surface area contributed by atoms with Crippen LogP contribution in [0.1, 0.15) is 71.8 Å². The van der Waals surface area contributed by atoms with E-state index in [1.54, 1.807) is 6.92 Å². The highest BCUT2D eigenvalue weighted by Crippen LogP contribution is 2.55. The summed E-state index contributed by atoms with van der Waals surface area (Å²) >= 11 is 0. The van der Waals surface area contributed by atoms with Crippen LogP contribution in [0.4, 0.5) is 5.69 Å². The van der Waals surface area contributed by atoms with Crippen molar-refractivity contribution in [1.82, 2.24) is 4.90 Å². The smallest absolute Gasteiger partial charge is 0.314 e. The number of aromatic hydroxyl groups is 1. The fourth-order valence-electron chi connectivity index (χ4n) is 5.68. The normalized spacial score (nSPS) is 22.0. The lowest BCUT2D eigenvalue weighted by Crippen LogP contribution is -2.43. The Bertz CT molecular complexity index is 1120. The number of phenols is 1. The summed E-state index contributed by atoms with van der Waals surface area (Å²) in [6.45, 7) is 10.1. The summed E-state index contributed by atoms with van der Waals surface area (Å²) in [6.07, 6.45) is 1.98. The number of nitro benzene ring substituents is 1. The van der Waals surface area contributed by atoms with Crippen LogP contribution < -0.4 is 4.74 Å². The van der Waals surface area contributed by atoms with Crippen LogP contribution in [-0.4, -0.2) is 40.2 Å². The van der Waals surface area contributed by atoms with Crippen LogP contribution in [0.25, 0.3) is 0 Å². The van der Waals surface area contributed by atoms with Crippen molar-refractivity contribution in [1.29, 1.82) is 0 Å². The summed E-state index contributed by atoms with van der Waals surface area (Å²) in [5.74, 6) is -1.42. The zero-order valence-electron chi connectivity index (χ0n) is 20.7. The molecule has 8 heteroatoms. The Morgan fingerprint density at radius 1 is 1.03 bits per heavy atom. The lowest BCUT2D eigenvalue weighted by Gasteiger charge is -2.47. The third-order valence-electron chi connectivity index (χ3n) is 7.09. The van der Waals surface area contributed by atoms with E-state index in [0.29, 0.717) is 42.4 Å². The van der Waals surface area contributed by atoms with Gasteiger partial charge in [-0.2, -0.15) is 0 Å². The quantitative estimate of drug-likeness (QED) is 0.488. The van der Waals surface area contributed by atoms with Crippen molar-refractivity contribution in [3.63, 3.8) is 0 Å². The van der Waals surface area contributed by atoms with Crippen molar-refractivity contribution in [3.8, 4) is 11.5 Å². The lowest BCUT2D eigenvalue weighted by atomic mass is 9.63. The first-order valence-electron chi connectivity index (χ1n) is 11.7. The third-order valence-corrected chi connectivity index (χ3v) is 7.09. The van der Waals surface area contributed by atoms with Crippen molar-refractivity contribution >= 4 is 17.3 Å². The molecule has 34 heavy (non-hydrogen) atoms. The van der Waals surface area contributed by atoms with Gasteiger partial charge in [-0.3, -0.25) is 19.7 Å². The van der Waals surface area contributed by atoms with E-state index in [2.05, 4.69) is 27.7 Å². The molecule has 1 aliphatic heterocycles. The average Bonchev–Trinajstić information content (AvgIpc) is 2.69. The van der Waals surface area contributed by atoms with Gasteiger partial charge < -0.3 is 14.7 Å². The number of carbonyl (C=O) groups is 2. The minimum atomic E-state index is -0.730. The van der Waals surface area contributed by atoms with Crippen molar-refractivity contribution in [3.05, 3.63) is 50.4 Å². The van der Waals surface area contributed by atoms with E-state index in [4.69, 9.17) is 4.74 Å². The summed E-state index contributed by atoms with van der Waals surface area (Å²) in [6, 6.07) is 2.82. The summed E-state index contributed by atoms with van der Waals surface area (Å²) in [7, 11) is 1.91. The van der Waals surface area contributed by atoms with Crippen LogP contribution >= 0.6 is 0 Å². The molecule has 0 radical (unpaired) electrons. The zero-order valence-corrected chi connectivity index (χ0v) is 20.7. The molecule has 0 saturated carbocycles. The van der Waals surface area contributed by atoms with Crippen molar-refractivity contribution < 1.29 is 24.4 Å². The molecule has 2 aliphatic carbocycles. The average molecular weight is 469 g/mol. The maximum Gasteiger partial charge on any atom is 0.314 e. The Balaban J connectivity index is 2.03. The van der Waals surface area contributed by atoms with E-state index < -0.39 is 22.3 Å². The maximum absolute atomic E-state index is 13.5. The number of ether oxygens (including phenoxy) is 1. The molecular weight excluding hydrogens is 436 g/mol. The van der Waals surface area contributed by atoms with Crippen molar-refractivity contribution in [2.75, 3.05) is 13.7 Å². The number of nitro groups is 1. The molecule has 4 rings (SSSR count). The molecule has 1 heterocycles. The highest BCUT2D eigenvalue weighted by molar-refractivity contribution is 6.06. The number of benzene rings is 1. The number of nitrogens with zero attached hydrogens (tertiary/aromatic N) is 2. The predicted molar refractivity (Wildman–Crippen MR) is 127 cm³/mol. The van der Waals surface area contributed by atoms with E-state index in [0.717, 1.165) is 11.4 Å². The van der Waals surface area contributed by atoms with E-state index in [9.17, 15) is 24.8 Å². The fraction of sp³-hybridized carbons (Fsp3) is 0.538. The number of hydrogen-bond acceptors (Lipinski definition) is 7. The standard InChI is InChI=1S/C26H32N2O6/c1-7-34-20-9-14(8-15(24(20)31)28(32)33)21-22-16(10-25(2,3)12-18(22)29)27(6)17-11-26(4,5)13-19(30)23(17)21/h8-9,21,31H,7,10-13H2,1-6H3. The van der Waals surface area contributed by atoms with Gasteiger partial charge in [0.25, 0.3) is 0 Å². The Morgan fingerprint density at radius 2 is 1.53 bits per heavy atom. The Kier molecular flexibility index (Phi) is 5.61. The van der Waals surface area contributed by atoms with Gasteiger partial charge in [0.2, 0.25) is 5.75 Å². The van der Waals surface area contributed by atoms with Crippen LogP contribution in [0, 0.1) is 20.9 Å². The topological polar surface area (TPSA) is 110 Å². The Morgan fingerprint density at radius 3 is 1.97 bits per heavy atom. The molecule has 1 N–H and O–H groups in total. The van der Waals surface area contributed by atoms with Gasteiger partial charge in [0, 0.05) is 54.4 Å². The Labute approximate surface area is 199 Å². The minimum Gasteiger partial charge on any atom is -0.500 e. The van der Waals surface area contributed by atoms with Crippen molar-refractivity contribution in [2.45, 2.75) is 66.2 Å². The highest BCUT2D eigenvalue weighted by Gasteiger charge is 2.48. The van der Waals surface area contributed by atoms with Gasteiger partial charge in [-0.1, -0.05) is 27.7 Å². The Hall–Kier alpha value is -3.16. The number of Topliss-reactive ketones (excluding diaryl/α,β-unsaturated/α-hetero) is 2. The van der Waals surface area contributed by atoms with Gasteiger partial charge in [-0.15, -0.1) is 0 Å². The largest absolute Gasteiger partial charge is 0.500 e. The molecule has 182 valence electrons. The molecule has 1 aromatic rings. The number of carbonyl (C=O) groups excluding carboxylic acids is 2. The summed E-state index contributed by atoms with van der Waals surface area (Å²) in [5.41, 5.74) is 2.22. The third kappa shape index (κ3) is 3.89. The monoisotopic (exact) mass is 468 g/mol. The first kappa shape index (κ1) is 24.0. The molecule has 0 spiro atoms. The van der Waals surface area contributed by atoms with E-state index in [-0.39, 0.29) is 34.8 Å². The zero-order chi connectivity index (χ0) is 25.2. The highest BCUT2D eigenvalue weighted by atomic mass is 16.6. The van der Waals surface area contributed by atoms with E-state index >= 15 is 0 Å². The SMILES string of the molecule is CCOc1cc(C2C3=C(CC(C)(C)CC3=O)N(C)C3=C2C(=O)CC(C)(C)C3)cc([N+](=O)[O-])c1O. The molecule has 0 bridgehead atoms. The van der Waals surface area contributed by atoms with Crippen molar-refractivity contribution in [2.24, 2.45) is 10.8 Å². The molecule has 0 aromatic heterocycles. The number of ketones is 2. The van der Waals surface area contributed by atoms with Gasteiger partial charge in [-0.05, 0) is 42.2 Å². The summed E-state index contributed by atoms with van der Waals surface area (Å²) in [5, 5.41) is 22.2. The second-order valence-electron chi connectivity index (χ2n) is 11.2. The lowest BCUT2D eigenvalue weighted by molar-refractivity contribution is -0.386. The maximum atomic E-state index is 13.5. The second-order valence-corrected chi connectivity index (χ2v) is 11.2. The first-order valence-corrected chi connectivity index (χ1v) is 11.7. The van der Waals surface area contributed by atoms with Gasteiger partial charge in [-0.25, -0.2) is 0 Å². The number of allylic oxidation sites excluding steroid dienone is 4. The number of hydrogen-bond donors (Lipinski definition) is 1. The number of rotatable bonds is 4. The molecule has 0 fully saturated rings. The van der Waals surface area contributed by atoms with Gasteiger partial charge in [0.15, 0.2) is 17.3 Å². The minimum absolute atomic E-state index is 0.0258. The van der Waals surface area contributed by atoms with Crippen LogP contribution in [0.3, 0.4) is 0 Å². The molecule has 0 unspecified atom stereocenters. The predicted octanol–water partition coefficient (Wildman–Crippen LogP) is 5.01. The molecule has 1 aromatic carbocycles.